The monoisotopic (exact) mass is 399 g/mol. The standard InChI is InChI=1S/C21H15F2NO3S/c1-27-21(26)19-17(14-5-9-16(23)10-6-14)12-28-20(19)24-18(25)11-4-13-2-7-15(22)8-3-13/h2-12H,1H3,(H,24,25). The number of rotatable bonds is 5. The Balaban J connectivity index is 1.85. The average Bonchev–Trinajstić information content (AvgIpc) is 3.11. The SMILES string of the molecule is COC(=O)c1c(-c2ccc(F)cc2)csc1NC(=O)C=Cc1ccc(F)cc1. The fourth-order valence-corrected chi connectivity index (χ4v) is 3.46. The van der Waals surface area contributed by atoms with Gasteiger partial charge in [-0.3, -0.25) is 4.79 Å². The molecule has 4 nitrogen and oxygen atoms in total. The highest BCUT2D eigenvalue weighted by Gasteiger charge is 2.21. The van der Waals surface area contributed by atoms with Gasteiger partial charge in [0.2, 0.25) is 5.91 Å². The molecular weight excluding hydrogens is 384 g/mol. The Morgan fingerprint density at radius 3 is 2.21 bits per heavy atom. The van der Waals surface area contributed by atoms with Crippen LogP contribution in [0.25, 0.3) is 17.2 Å². The molecule has 142 valence electrons. The van der Waals surface area contributed by atoms with Crippen LogP contribution in [0.4, 0.5) is 13.8 Å². The first kappa shape index (κ1) is 19.4. The molecule has 0 bridgehead atoms. The van der Waals surface area contributed by atoms with Gasteiger partial charge in [0.05, 0.1) is 7.11 Å². The Kier molecular flexibility index (Phi) is 5.96. The van der Waals surface area contributed by atoms with E-state index in [0.717, 1.165) is 11.3 Å². The second kappa shape index (κ2) is 8.58. The van der Waals surface area contributed by atoms with E-state index in [1.807, 2.05) is 0 Å². The first-order chi connectivity index (χ1) is 13.5. The molecule has 1 amide bonds. The predicted molar refractivity (Wildman–Crippen MR) is 105 cm³/mol. The number of thiophene rings is 1. The van der Waals surface area contributed by atoms with Gasteiger partial charge in [0, 0.05) is 17.0 Å². The topological polar surface area (TPSA) is 55.4 Å². The summed E-state index contributed by atoms with van der Waals surface area (Å²) in [5.41, 5.74) is 2.01. The molecule has 7 heteroatoms. The Morgan fingerprint density at radius 1 is 1.00 bits per heavy atom. The predicted octanol–water partition coefficient (Wildman–Crippen LogP) is 5.13. The molecule has 3 rings (SSSR count). The summed E-state index contributed by atoms with van der Waals surface area (Å²) < 4.78 is 30.9. The van der Waals surface area contributed by atoms with E-state index in [2.05, 4.69) is 5.32 Å². The minimum absolute atomic E-state index is 0.197. The van der Waals surface area contributed by atoms with Gasteiger partial charge in [-0.25, -0.2) is 13.6 Å². The van der Waals surface area contributed by atoms with Gasteiger partial charge in [0.25, 0.3) is 0 Å². The summed E-state index contributed by atoms with van der Waals surface area (Å²) in [6.45, 7) is 0. The van der Waals surface area contributed by atoms with Crippen molar-refractivity contribution in [1.29, 1.82) is 0 Å². The van der Waals surface area contributed by atoms with Crippen LogP contribution in [0.3, 0.4) is 0 Å². The number of nitrogens with one attached hydrogen (secondary N) is 1. The van der Waals surface area contributed by atoms with E-state index in [1.165, 1.54) is 55.7 Å². The maximum absolute atomic E-state index is 13.2. The summed E-state index contributed by atoms with van der Waals surface area (Å²) in [5, 5.41) is 4.67. The number of esters is 1. The van der Waals surface area contributed by atoms with Gasteiger partial charge < -0.3 is 10.1 Å². The number of hydrogen-bond donors (Lipinski definition) is 1. The molecule has 0 fully saturated rings. The van der Waals surface area contributed by atoms with Gasteiger partial charge in [-0.05, 0) is 41.5 Å². The lowest BCUT2D eigenvalue weighted by molar-refractivity contribution is -0.111. The normalized spacial score (nSPS) is 10.8. The van der Waals surface area contributed by atoms with Crippen LogP contribution in [0.5, 0.6) is 0 Å². The largest absolute Gasteiger partial charge is 0.465 e. The Labute approximate surface area is 164 Å². The van der Waals surface area contributed by atoms with Crippen LogP contribution in [-0.4, -0.2) is 19.0 Å². The number of anilines is 1. The quantitative estimate of drug-likeness (QED) is 0.478. The first-order valence-electron chi connectivity index (χ1n) is 8.18. The van der Waals surface area contributed by atoms with E-state index in [9.17, 15) is 18.4 Å². The average molecular weight is 399 g/mol. The van der Waals surface area contributed by atoms with Crippen LogP contribution >= 0.6 is 11.3 Å². The molecule has 0 spiro atoms. The summed E-state index contributed by atoms with van der Waals surface area (Å²) in [6.07, 6.45) is 2.81. The van der Waals surface area contributed by atoms with Crippen LogP contribution in [0.2, 0.25) is 0 Å². The first-order valence-corrected chi connectivity index (χ1v) is 9.06. The molecule has 28 heavy (non-hydrogen) atoms. The number of amides is 1. The number of carbonyl (C=O) groups excluding carboxylic acids is 2. The molecule has 0 aliphatic heterocycles. The van der Waals surface area contributed by atoms with Crippen molar-refractivity contribution >= 4 is 34.3 Å². The molecule has 0 aliphatic rings. The van der Waals surface area contributed by atoms with Gasteiger partial charge in [-0.1, -0.05) is 24.3 Å². The Bertz CT molecular complexity index is 1020. The molecule has 3 aromatic rings. The number of benzene rings is 2. The van der Waals surface area contributed by atoms with Crippen molar-refractivity contribution in [2.24, 2.45) is 0 Å². The highest BCUT2D eigenvalue weighted by molar-refractivity contribution is 7.15. The van der Waals surface area contributed by atoms with E-state index in [0.29, 0.717) is 21.7 Å². The number of carbonyl (C=O) groups is 2. The molecule has 0 saturated heterocycles. The third kappa shape index (κ3) is 4.50. The Morgan fingerprint density at radius 2 is 1.61 bits per heavy atom. The van der Waals surface area contributed by atoms with Gasteiger partial charge in [-0.15, -0.1) is 11.3 Å². The highest BCUT2D eigenvalue weighted by atomic mass is 32.1. The third-order valence-electron chi connectivity index (χ3n) is 3.87. The van der Waals surface area contributed by atoms with E-state index < -0.39 is 17.7 Å². The van der Waals surface area contributed by atoms with Crippen LogP contribution in [0, 0.1) is 11.6 Å². The molecule has 0 saturated carbocycles. The van der Waals surface area contributed by atoms with E-state index in [1.54, 1.807) is 17.5 Å². The minimum Gasteiger partial charge on any atom is -0.465 e. The highest BCUT2D eigenvalue weighted by Crippen LogP contribution is 2.36. The molecule has 2 aromatic carbocycles. The Hall–Kier alpha value is -3.32. The van der Waals surface area contributed by atoms with Crippen LogP contribution in [0.15, 0.2) is 60.0 Å². The van der Waals surface area contributed by atoms with Crippen molar-refractivity contribution in [3.63, 3.8) is 0 Å². The zero-order valence-electron chi connectivity index (χ0n) is 14.7. The summed E-state index contributed by atoms with van der Waals surface area (Å²) in [6, 6.07) is 11.3. The third-order valence-corrected chi connectivity index (χ3v) is 4.77. The van der Waals surface area contributed by atoms with Crippen LogP contribution in [0.1, 0.15) is 15.9 Å². The van der Waals surface area contributed by atoms with Gasteiger partial charge in [-0.2, -0.15) is 0 Å². The fraction of sp³-hybridized carbons (Fsp3) is 0.0476. The molecule has 0 aliphatic carbocycles. The van der Waals surface area contributed by atoms with Gasteiger partial charge in [0.15, 0.2) is 0 Å². The zero-order chi connectivity index (χ0) is 20.1. The molecule has 0 atom stereocenters. The number of ether oxygens (including phenoxy) is 1. The molecule has 1 heterocycles. The molecule has 1 aromatic heterocycles. The fourth-order valence-electron chi connectivity index (χ4n) is 2.50. The van der Waals surface area contributed by atoms with Crippen molar-refractivity contribution < 1.29 is 23.1 Å². The minimum atomic E-state index is -0.613. The smallest absolute Gasteiger partial charge is 0.341 e. The lowest BCUT2D eigenvalue weighted by Crippen LogP contribution is -2.11. The van der Waals surface area contributed by atoms with Gasteiger partial charge in [0.1, 0.15) is 22.2 Å². The number of halogens is 2. The van der Waals surface area contributed by atoms with Crippen molar-refractivity contribution in [3.8, 4) is 11.1 Å². The number of methoxy groups -OCH3 is 1. The summed E-state index contributed by atoms with van der Waals surface area (Å²) in [5.74, 6) is -1.82. The maximum Gasteiger partial charge on any atom is 0.341 e. The van der Waals surface area contributed by atoms with Crippen LogP contribution in [-0.2, 0) is 9.53 Å². The second-order valence-corrected chi connectivity index (χ2v) is 6.61. The summed E-state index contributed by atoms with van der Waals surface area (Å²) in [4.78, 5) is 24.5. The number of hydrogen-bond acceptors (Lipinski definition) is 4. The second-order valence-electron chi connectivity index (χ2n) is 5.73. The van der Waals surface area contributed by atoms with Crippen molar-refractivity contribution in [3.05, 3.63) is 82.7 Å². The van der Waals surface area contributed by atoms with Crippen molar-refractivity contribution in [2.75, 3.05) is 12.4 Å². The molecule has 0 radical (unpaired) electrons. The van der Waals surface area contributed by atoms with Gasteiger partial charge >= 0.3 is 5.97 Å². The van der Waals surface area contributed by atoms with Crippen molar-refractivity contribution in [1.82, 2.24) is 0 Å². The van der Waals surface area contributed by atoms with E-state index in [4.69, 9.17) is 4.74 Å². The molecule has 1 N–H and O–H groups in total. The maximum atomic E-state index is 13.2. The van der Waals surface area contributed by atoms with E-state index in [-0.39, 0.29) is 11.4 Å². The van der Waals surface area contributed by atoms with Crippen LogP contribution < -0.4 is 5.32 Å². The lowest BCUT2D eigenvalue weighted by Gasteiger charge is -2.06. The summed E-state index contributed by atoms with van der Waals surface area (Å²) >= 11 is 1.16. The lowest BCUT2D eigenvalue weighted by atomic mass is 10.0. The van der Waals surface area contributed by atoms with Crippen molar-refractivity contribution in [2.45, 2.75) is 0 Å². The summed E-state index contributed by atoms with van der Waals surface area (Å²) in [7, 11) is 1.24. The zero-order valence-corrected chi connectivity index (χ0v) is 15.6. The molecule has 0 unspecified atom stereocenters. The molecular formula is C21H15F2NO3S. The van der Waals surface area contributed by atoms with E-state index >= 15 is 0 Å².